The quantitative estimate of drug-likeness (QED) is 0.611. The van der Waals surface area contributed by atoms with Crippen molar-refractivity contribution in [3.05, 3.63) is 0 Å². The molecule has 3 nitrogen and oxygen atoms in total. The molecule has 0 aromatic heterocycles. The van der Waals surface area contributed by atoms with Crippen molar-refractivity contribution in [1.82, 2.24) is 0 Å². The molecular weight excluding hydrogens is 329 g/mol. The molecular formula is C11H27NO2SSn. The molecule has 0 aliphatic carbocycles. The molecule has 98 valence electrons. The van der Waals surface area contributed by atoms with Gasteiger partial charge < -0.3 is 0 Å². The van der Waals surface area contributed by atoms with E-state index in [0.717, 1.165) is 33.6 Å². The number of hydrogen-bond acceptors (Lipinski definition) is 4. The molecule has 0 heterocycles. The van der Waals surface area contributed by atoms with Gasteiger partial charge >= 0.3 is 110 Å². The summed E-state index contributed by atoms with van der Waals surface area (Å²) in [5.41, 5.74) is 5.84. The SMILES string of the molecule is CC[O][Sn]([CH2]CC(C)N)([CH2]SCC)[O]CC. The van der Waals surface area contributed by atoms with Crippen LogP contribution in [0.3, 0.4) is 0 Å². The molecule has 0 aliphatic rings. The summed E-state index contributed by atoms with van der Waals surface area (Å²) in [5, 5.41) is 0. The first-order valence-electron chi connectivity index (χ1n) is 6.21. The van der Waals surface area contributed by atoms with E-state index < -0.39 is 19.2 Å². The maximum absolute atomic E-state index is 6.03. The number of rotatable bonds is 10. The zero-order valence-corrected chi connectivity index (χ0v) is 14.8. The molecule has 0 radical (unpaired) electrons. The zero-order valence-electron chi connectivity index (χ0n) is 11.1. The molecule has 1 atom stereocenters. The molecule has 0 saturated carbocycles. The summed E-state index contributed by atoms with van der Waals surface area (Å²) >= 11 is -0.848. The first-order chi connectivity index (χ1) is 7.60. The molecule has 0 spiro atoms. The number of hydrogen-bond donors (Lipinski definition) is 1. The van der Waals surface area contributed by atoms with E-state index in [-0.39, 0.29) is 6.04 Å². The third-order valence-electron chi connectivity index (χ3n) is 2.32. The van der Waals surface area contributed by atoms with Crippen molar-refractivity contribution in [2.45, 2.75) is 44.6 Å². The summed E-state index contributed by atoms with van der Waals surface area (Å²) in [6.07, 6.45) is 1.03. The van der Waals surface area contributed by atoms with Gasteiger partial charge in [0, 0.05) is 0 Å². The zero-order chi connectivity index (χ0) is 12.4. The second-order valence-corrected chi connectivity index (χ2v) is 15.9. The first-order valence-corrected chi connectivity index (χ1v) is 13.7. The summed E-state index contributed by atoms with van der Waals surface area (Å²) in [6, 6.07) is 0.253. The van der Waals surface area contributed by atoms with Crippen LogP contribution in [0.1, 0.15) is 34.1 Å². The van der Waals surface area contributed by atoms with E-state index in [1.165, 1.54) is 0 Å². The predicted octanol–water partition coefficient (Wildman–Crippen LogP) is 2.53. The van der Waals surface area contributed by atoms with Crippen molar-refractivity contribution >= 4 is 31.0 Å². The number of nitrogens with two attached hydrogens (primary N) is 1. The van der Waals surface area contributed by atoms with E-state index in [2.05, 4.69) is 27.7 Å². The molecule has 0 aromatic carbocycles. The molecule has 2 N–H and O–H groups in total. The number of thioether (sulfide) groups is 1. The average molecular weight is 356 g/mol. The van der Waals surface area contributed by atoms with Crippen LogP contribution >= 0.6 is 11.8 Å². The Kier molecular flexibility index (Phi) is 10.6. The molecule has 0 fully saturated rings. The summed E-state index contributed by atoms with van der Waals surface area (Å²) in [4.78, 5) is 0. The molecule has 0 rings (SSSR count). The molecule has 16 heavy (non-hydrogen) atoms. The van der Waals surface area contributed by atoms with E-state index in [4.69, 9.17) is 11.9 Å². The Morgan fingerprint density at radius 3 is 2.12 bits per heavy atom. The Balaban J connectivity index is 4.36. The molecule has 5 heteroatoms. The van der Waals surface area contributed by atoms with Gasteiger partial charge in [0.05, 0.1) is 0 Å². The molecule has 0 aromatic rings. The van der Waals surface area contributed by atoms with Crippen molar-refractivity contribution in [2.24, 2.45) is 5.73 Å². The van der Waals surface area contributed by atoms with Crippen LogP contribution in [0.5, 0.6) is 0 Å². The summed E-state index contributed by atoms with van der Waals surface area (Å²) in [6.45, 7) is 9.92. The van der Waals surface area contributed by atoms with Crippen molar-refractivity contribution < 1.29 is 6.15 Å². The van der Waals surface area contributed by atoms with Gasteiger partial charge in [-0.3, -0.25) is 0 Å². The Morgan fingerprint density at radius 1 is 1.19 bits per heavy atom. The van der Waals surface area contributed by atoms with Crippen molar-refractivity contribution in [1.29, 1.82) is 0 Å². The topological polar surface area (TPSA) is 44.5 Å². The fourth-order valence-electron chi connectivity index (χ4n) is 1.57. The van der Waals surface area contributed by atoms with Gasteiger partial charge in [0.25, 0.3) is 0 Å². The standard InChI is InChI=1S/C4H10N.C3H7S.2C2H5O.Sn/c1-3-4(2)5;1-3-4-2;2*1-2-3;/h4H,1,3,5H2,2H3;2-3H2,1H3;2*2H2,1H3;/q;;2*-1;+2. The van der Waals surface area contributed by atoms with Gasteiger partial charge in [0.1, 0.15) is 0 Å². The normalized spacial score (nSPS) is 14.1. The first kappa shape index (κ1) is 17.0. The van der Waals surface area contributed by atoms with Crippen LogP contribution in [0.2, 0.25) is 4.44 Å². The third kappa shape index (κ3) is 7.37. The fourth-order valence-corrected chi connectivity index (χ4v) is 16.1. The van der Waals surface area contributed by atoms with Gasteiger partial charge in [0.2, 0.25) is 0 Å². The summed E-state index contributed by atoms with van der Waals surface area (Å²) in [5.74, 6) is 1.14. The second-order valence-electron chi connectivity index (χ2n) is 3.93. The van der Waals surface area contributed by atoms with Crippen molar-refractivity contribution in [3.63, 3.8) is 0 Å². The molecule has 0 bridgehead atoms. The van der Waals surface area contributed by atoms with Gasteiger partial charge in [-0.2, -0.15) is 0 Å². The van der Waals surface area contributed by atoms with E-state index in [1.54, 1.807) is 0 Å². The summed E-state index contributed by atoms with van der Waals surface area (Å²) in [7, 11) is 0. The maximum atomic E-state index is 6.03. The monoisotopic (exact) mass is 357 g/mol. The van der Waals surface area contributed by atoms with Crippen LogP contribution in [-0.4, -0.2) is 48.0 Å². The molecule has 1 unspecified atom stereocenters. The van der Waals surface area contributed by atoms with Gasteiger partial charge in [-0.1, -0.05) is 0 Å². The van der Waals surface area contributed by atoms with Gasteiger partial charge in [-0.15, -0.1) is 0 Å². The minimum atomic E-state index is -2.80. The Hall–Kier alpha value is 1.03. The van der Waals surface area contributed by atoms with E-state index in [9.17, 15) is 0 Å². The van der Waals surface area contributed by atoms with E-state index in [1.807, 2.05) is 11.8 Å². The fraction of sp³-hybridized carbons (Fsp3) is 1.00. The molecule has 0 aliphatic heterocycles. The van der Waals surface area contributed by atoms with E-state index >= 15 is 0 Å². The molecule has 0 amide bonds. The van der Waals surface area contributed by atoms with Gasteiger partial charge in [0.15, 0.2) is 0 Å². The Bertz CT molecular complexity index is 164. The van der Waals surface area contributed by atoms with Crippen LogP contribution in [-0.2, 0) is 6.15 Å². The van der Waals surface area contributed by atoms with Crippen LogP contribution in [0, 0.1) is 0 Å². The Labute approximate surface area is 110 Å². The van der Waals surface area contributed by atoms with Crippen LogP contribution in [0.4, 0.5) is 0 Å². The second kappa shape index (κ2) is 10.00. The third-order valence-corrected chi connectivity index (χ3v) is 16.5. The van der Waals surface area contributed by atoms with Crippen LogP contribution in [0.15, 0.2) is 0 Å². The van der Waals surface area contributed by atoms with Crippen LogP contribution < -0.4 is 5.73 Å². The van der Waals surface area contributed by atoms with E-state index in [0.29, 0.717) is 0 Å². The van der Waals surface area contributed by atoms with Gasteiger partial charge in [-0.25, -0.2) is 0 Å². The van der Waals surface area contributed by atoms with Crippen LogP contribution in [0.25, 0.3) is 0 Å². The van der Waals surface area contributed by atoms with Gasteiger partial charge in [-0.05, 0) is 0 Å². The molecule has 0 saturated heterocycles. The summed E-state index contributed by atoms with van der Waals surface area (Å²) < 4.78 is 14.2. The van der Waals surface area contributed by atoms with Crippen molar-refractivity contribution in [2.75, 3.05) is 22.7 Å². The minimum absolute atomic E-state index is 0.253. The Morgan fingerprint density at radius 2 is 1.75 bits per heavy atom. The predicted molar refractivity (Wildman–Crippen MR) is 75.1 cm³/mol. The van der Waals surface area contributed by atoms with Crippen molar-refractivity contribution in [3.8, 4) is 0 Å². The average Bonchev–Trinajstić information content (AvgIpc) is 2.24.